The molecule has 1 aromatic heterocycles. The van der Waals surface area contributed by atoms with Crippen molar-refractivity contribution in [3.63, 3.8) is 0 Å². The van der Waals surface area contributed by atoms with E-state index in [2.05, 4.69) is 32.9 Å². The molecule has 0 aliphatic heterocycles. The highest BCUT2D eigenvalue weighted by atomic mass is 16.2. The van der Waals surface area contributed by atoms with E-state index in [4.69, 9.17) is 0 Å². The normalized spacial score (nSPS) is 17.0. The van der Waals surface area contributed by atoms with Crippen molar-refractivity contribution in [3.05, 3.63) is 54.6 Å². The number of allylic oxidation sites excluding steroid dienone is 2. The first kappa shape index (κ1) is 15.3. The lowest BCUT2D eigenvalue weighted by atomic mass is 9.94. The monoisotopic (exact) mass is 311 g/mol. The van der Waals surface area contributed by atoms with Crippen LogP contribution in [0.5, 0.6) is 0 Å². The molecule has 6 nitrogen and oxygen atoms in total. The van der Waals surface area contributed by atoms with Crippen LogP contribution >= 0.6 is 0 Å². The molecule has 120 valence electrons. The number of urea groups is 1. The predicted octanol–water partition coefficient (Wildman–Crippen LogP) is 2.80. The van der Waals surface area contributed by atoms with Crippen molar-refractivity contribution < 1.29 is 4.79 Å². The molecule has 1 atom stereocenters. The third kappa shape index (κ3) is 4.67. The van der Waals surface area contributed by atoms with E-state index < -0.39 is 0 Å². The van der Waals surface area contributed by atoms with Gasteiger partial charge < -0.3 is 10.6 Å². The van der Waals surface area contributed by atoms with Crippen LogP contribution in [-0.4, -0.2) is 27.3 Å². The molecule has 3 rings (SSSR count). The van der Waals surface area contributed by atoms with Crippen LogP contribution in [0.25, 0.3) is 0 Å². The second-order valence-electron chi connectivity index (χ2n) is 5.78. The number of anilines is 1. The predicted molar refractivity (Wildman–Crippen MR) is 89.1 cm³/mol. The van der Waals surface area contributed by atoms with Crippen LogP contribution in [0.1, 0.15) is 24.8 Å². The van der Waals surface area contributed by atoms with Gasteiger partial charge in [-0.2, -0.15) is 5.10 Å². The molecule has 1 heterocycles. The molecule has 0 spiro atoms. The van der Waals surface area contributed by atoms with Gasteiger partial charge in [0.05, 0.1) is 6.54 Å². The highest BCUT2D eigenvalue weighted by Gasteiger charge is 2.11. The van der Waals surface area contributed by atoms with Gasteiger partial charge in [0, 0.05) is 12.2 Å². The topological polar surface area (TPSA) is 71.8 Å². The second-order valence-corrected chi connectivity index (χ2v) is 5.78. The number of rotatable bonds is 5. The van der Waals surface area contributed by atoms with Crippen molar-refractivity contribution in [1.29, 1.82) is 0 Å². The lowest BCUT2D eigenvalue weighted by molar-refractivity contribution is 0.249. The molecule has 2 aromatic rings. The Morgan fingerprint density at radius 1 is 1.35 bits per heavy atom. The van der Waals surface area contributed by atoms with E-state index in [0.717, 1.165) is 37.1 Å². The average molecular weight is 311 g/mol. The van der Waals surface area contributed by atoms with Gasteiger partial charge in [-0.3, -0.25) is 0 Å². The minimum atomic E-state index is -0.155. The number of carbonyl (C=O) groups is 1. The summed E-state index contributed by atoms with van der Waals surface area (Å²) in [5.74, 6) is 0.546. The minimum Gasteiger partial charge on any atom is -0.338 e. The number of nitrogens with one attached hydrogen (secondary N) is 2. The van der Waals surface area contributed by atoms with Crippen molar-refractivity contribution in [3.8, 4) is 0 Å². The lowest BCUT2D eigenvalue weighted by Crippen LogP contribution is -2.33. The van der Waals surface area contributed by atoms with E-state index in [-0.39, 0.29) is 6.03 Å². The molecule has 2 amide bonds. The van der Waals surface area contributed by atoms with Gasteiger partial charge in [-0.25, -0.2) is 14.5 Å². The Labute approximate surface area is 135 Å². The van der Waals surface area contributed by atoms with Crippen LogP contribution in [-0.2, 0) is 6.54 Å². The Hall–Kier alpha value is -2.63. The van der Waals surface area contributed by atoms with Gasteiger partial charge in [-0.15, -0.1) is 0 Å². The summed E-state index contributed by atoms with van der Waals surface area (Å²) in [4.78, 5) is 15.9. The number of hydrogen-bond donors (Lipinski definition) is 2. The fourth-order valence-corrected chi connectivity index (χ4v) is 2.70. The minimum absolute atomic E-state index is 0.155. The van der Waals surface area contributed by atoms with Crippen molar-refractivity contribution in [2.24, 2.45) is 5.92 Å². The lowest BCUT2D eigenvalue weighted by Gasteiger charge is -2.18. The van der Waals surface area contributed by atoms with Crippen LogP contribution in [0.4, 0.5) is 10.5 Å². The quantitative estimate of drug-likeness (QED) is 0.834. The second kappa shape index (κ2) is 7.58. The summed E-state index contributed by atoms with van der Waals surface area (Å²) < 4.78 is 1.75. The molecule has 2 N–H and O–H groups in total. The summed E-state index contributed by atoms with van der Waals surface area (Å²) in [5, 5.41) is 9.93. The first-order valence-corrected chi connectivity index (χ1v) is 7.91. The summed E-state index contributed by atoms with van der Waals surface area (Å²) in [6.45, 7) is 1.35. The Morgan fingerprint density at radius 3 is 3.09 bits per heavy atom. The van der Waals surface area contributed by atoms with Crippen LogP contribution < -0.4 is 10.6 Å². The van der Waals surface area contributed by atoms with Gasteiger partial charge in [-0.1, -0.05) is 24.3 Å². The van der Waals surface area contributed by atoms with Crippen molar-refractivity contribution in [1.82, 2.24) is 20.1 Å². The SMILES string of the molecule is O=C(NCC1CC=CCC1)Nc1cccc(Cn2cncn2)c1. The highest BCUT2D eigenvalue weighted by molar-refractivity contribution is 5.89. The van der Waals surface area contributed by atoms with Crippen molar-refractivity contribution >= 4 is 11.7 Å². The molecule has 6 heteroatoms. The van der Waals surface area contributed by atoms with E-state index in [0.29, 0.717) is 12.5 Å². The Kier molecular flexibility index (Phi) is 5.03. The largest absolute Gasteiger partial charge is 0.338 e. The number of amides is 2. The van der Waals surface area contributed by atoms with Crippen LogP contribution in [0.3, 0.4) is 0 Å². The molecule has 0 saturated carbocycles. The Bertz CT molecular complexity index is 665. The Balaban J connectivity index is 1.50. The van der Waals surface area contributed by atoms with Crippen molar-refractivity contribution in [2.45, 2.75) is 25.8 Å². The number of carbonyl (C=O) groups excluding carboxylic acids is 1. The summed E-state index contributed by atoms with van der Waals surface area (Å²) in [7, 11) is 0. The van der Waals surface area contributed by atoms with Crippen LogP contribution in [0, 0.1) is 5.92 Å². The maximum absolute atomic E-state index is 12.0. The van der Waals surface area contributed by atoms with Gasteiger partial charge in [-0.05, 0) is 42.9 Å². The third-order valence-corrected chi connectivity index (χ3v) is 3.92. The number of benzene rings is 1. The van der Waals surface area contributed by atoms with Gasteiger partial charge in [0.2, 0.25) is 0 Å². The molecular weight excluding hydrogens is 290 g/mol. The molecule has 1 aliphatic carbocycles. The maximum atomic E-state index is 12.0. The zero-order valence-corrected chi connectivity index (χ0v) is 13.0. The van der Waals surface area contributed by atoms with Crippen LogP contribution in [0.2, 0.25) is 0 Å². The summed E-state index contributed by atoms with van der Waals surface area (Å²) in [6.07, 6.45) is 10.9. The smallest absolute Gasteiger partial charge is 0.319 e. The standard InChI is InChI=1S/C17H21N5O/c23-17(19-10-14-5-2-1-3-6-14)21-16-8-4-7-15(9-16)11-22-13-18-12-20-22/h1-2,4,7-9,12-14H,3,5-6,10-11H2,(H2,19,21,23). The van der Waals surface area contributed by atoms with E-state index in [1.165, 1.54) is 6.33 Å². The molecule has 1 aliphatic rings. The summed E-state index contributed by atoms with van der Waals surface area (Å²) >= 11 is 0. The molecular formula is C17H21N5O. The van der Waals surface area contributed by atoms with Gasteiger partial charge in [0.15, 0.2) is 0 Å². The molecule has 0 fully saturated rings. The van der Waals surface area contributed by atoms with Gasteiger partial charge >= 0.3 is 6.03 Å². The molecule has 0 radical (unpaired) electrons. The van der Waals surface area contributed by atoms with E-state index in [1.807, 2.05) is 24.3 Å². The van der Waals surface area contributed by atoms with Crippen LogP contribution in [0.15, 0.2) is 49.1 Å². The van der Waals surface area contributed by atoms with Gasteiger partial charge in [0.25, 0.3) is 0 Å². The third-order valence-electron chi connectivity index (χ3n) is 3.92. The number of hydrogen-bond acceptors (Lipinski definition) is 3. The van der Waals surface area contributed by atoms with Crippen molar-refractivity contribution in [2.75, 3.05) is 11.9 Å². The van der Waals surface area contributed by atoms with E-state index in [1.54, 1.807) is 11.0 Å². The molecule has 23 heavy (non-hydrogen) atoms. The molecule has 0 saturated heterocycles. The molecule has 1 unspecified atom stereocenters. The first-order chi connectivity index (χ1) is 11.3. The first-order valence-electron chi connectivity index (χ1n) is 7.91. The summed E-state index contributed by atoms with van der Waals surface area (Å²) in [5.41, 5.74) is 1.84. The van der Waals surface area contributed by atoms with E-state index >= 15 is 0 Å². The Morgan fingerprint density at radius 2 is 2.30 bits per heavy atom. The van der Waals surface area contributed by atoms with Gasteiger partial charge in [0.1, 0.15) is 12.7 Å². The van der Waals surface area contributed by atoms with E-state index in [9.17, 15) is 4.79 Å². The zero-order chi connectivity index (χ0) is 15.9. The number of nitrogens with zero attached hydrogens (tertiary/aromatic N) is 3. The number of aromatic nitrogens is 3. The average Bonchev–Trinajstić information content (AvgIpc) is 3.07. The molecule has 1 aromatic carbocycles. The molecule has 0 bridgehead atoms. The highest BCUT2D eigenvalue weighted by Crippen LogP contribution is 2.17. The fourth-order valence-electron chi connectivity index (χ4n) is 2.70. The fraction of sp³-hybridized carbons (Fsp3) is 0.353. The zero-order valence-electron chi connectivity index (χ0n) is 13.0. The summed E-state index contributed by atoms with van der Waals surface area (Å²) in [6, 6.07) is 7.60. The maximum Gasteiger partial charge on any atom is 0.319 e.